The van der Waals surface area contributed by atoms with Gasteiger partial charge in [0.05, 0.1) is 29.2 Å². The van der Waals surface area contributed by atoms with Crippen LogP contribution in [0.5, 0.6) is 0 Å². The van der Waals surface area contributed by atoms with Gasteiger partial charge >= 0.3 is 12.0 Å². The van der Waals surface area contributed by atoms with Gasteiger partial charge in [-0.25, -0.2) is 9.59 Å². The largest absolute Gasteiger partial charge is 0.462 e. The molecule has 0 aliphatic carbocycles. The van der Waals surface area contributed by atoms with Gasteiger partial charge in [0.15, 0.2) is 0 Å². The quantitative estimate of drug-likeness (QED) is 0.868. The number of anilines is 1. The summed E-state index contributed by atoms with van der Waals surface area (Å²) in [4.78, 5) is 30.6. The molecular weight excluding hydrogens is 294 g/mol. The molecule has 0 saturated carbocycles. The Morgan fingerprint density at radius 3 is 2.43 bits per heavy atom. The maximum absolute atomic E-state index is 12.4. The van der Waals surface area contributed by atoms with E-state index in [1.165, 1.54) is 12.8 Å². The molecule has 1 N–H and O–H groups in total. The van der Waals surface area contributed by atoms with Gasteiger partial charge in [-0.15, -0.1) is 0 Å². The van der Waals surface area contributed by atoms with Crippen molar-refractivity contribution >= 4 is 17.7 Å². The van der Waals surface area contributed by atoms with Crippen LogP contribution < -0.4 is 5.32 Å². The van der Waals surface area contributed by atoms with Gasteiger partial charge in [0, 0.05) is 13.1 Å². The predicted molar refractivity (Wildman–Crippen MR) is 88.7 cm³/mol. The third-order valence-corrected chi connectivity index (χ3v) is 4.03. The van der Waals surface area contributed by atoms with Crippen LogP contribution in [-0.4, -0.2) is 41.6 Å². The molecule has 6 nitrogen and oxygen atoms in total. The maximum Gasteiger partial charge on any atom is 0.340 e. The number of nitrogens with zero attached hydrogens (tertiary/aromatic N) is 2. The summed E-state index contributed by atoms with van der Waals surface area (Å²) in [5.41, 5.74) is 2.25. The smallest absolute Gasteiger partial charge is 0.340 e. The highest BCUT2D eigenvalue weighted by Crippen LogP contribution is 2.20. The summed E-state index contributed by atoms with van der Waals surface area (Å²) >= 11 is 0. The fourth-order valence-corrected chi connectivity index (χ4v) is 2.74. The molecule has 0 spiro atoms. The average molecular weight is 319 g/mol. The second kappa shape index (κ2) is 7.94. The first-order valence-electron chi connectivity index (χ1n) is 8.24. The lowest BCUT2D eigenvalue weighted by molar-refractivity contribution is 0.0525. The number of esters is 1. The van der Waals surface area contributed by atoms with E-state index in [2.05, 4.69) is 10.3 Å². The van der Waals surface area contributed by atoms with Crippen molar-refractivity contribution in [3.8, 4) is 0 Å². The Kier molecular flexibility index (Phi) is 5.96. The number of nitrogens with one attached hydrogen (secondary N) is 1. The van der Waals surface area contributed by atoms with Gasteiger partial charge in [-0.3, -0.25) is 4.98 Å². The molecule has 1 aromatic rings. The Balaban J connectivity index is 2.16. The highest BCUT2D eigenvalue weighted by atomic mass is 16.5. The molecular formula is C17H25N3O3. The van der Waals surface area contributed by atoms with E-state index in [9.17, 15) is 9.59 Å². The van der Waals surface area contributed by atoms with Crippen molar-refractivity contribution in [3.63, 3.8) is 0 Å². The zero-order valence-electron chi connectivity index (χ0n) is 14.1. The first-order chi connectivity index (χ1) is 11.0. The summed E-state index contributed by atoms with van der Waals surface area (Å²) < 4.78 is 5.04. The van der Waals surface area contributed by atoms with Crippen LogP contribution in [0.25, 0.3) is 0 Å². The number of likely N-dealkylation sites (tertiary alicyclic amines) is 1. The average Bonchev–Trinajstić information content (AvgIpc) is 2.79. The first-order valence-corrected chi connectivity index (χ1v) is 8.24. The molecule has 1 aromatic heterocycles. The number of urea groups is 1. The maximum atomic E-state index is 12.4. The normalized spacial score (nSPS) is 15.0. The van der Waals surface area contributed by atoms with E-state index >= 15 is 0 Å². The Labute approximate surface area is 137 Å². The second-order valence-electron chi connectivity index (χ2n) is 5.81. The number of aromatic nitrogens is 1. The summed E-state index contributed by atoms with van der Waals surface area (Å²) in [6.07, 6.45) is 4.41. The summed E-state index contributed by atoms with van der Waals surface area (Å²) in [5, 5.41) is 2.89. The fourth-order valence-electron chi connectivity index (χ4n) is 2.74. The topological polar surface area (TPSA) is 71.5 Å². The van der Waals surface area contributed by atoms with E-state index < -0.39 is 5.97 Å². The first kappa shape index (κ1) is 17.2. The van der Waals surface area contributed by atoms with Gasteiger partial charge in [0.1, 0.15) is 0 Å². The van der Waals surface area contributed by atoms with Crippen molar-refractivity contribution in [1.29, 1.82) is 0 Å². The SMILES string of the molecule is CCOC(=O)c1cc(NC(=O)N2CCCCCC2)c(C)nc1C. The molecule has 0 aromatic carbocycles. The van der Waals surface area contributed by atoms with Crippen LogP contribution in [0.2, 0.25) is 0 Å². The second-order valence-corrected chi connectivity index (χ2v) is 5.81. The van der Waals surface area contributed by atoms with Gasteiger partial charge in [-0.1, -0.05) is 12.8 Å². The van der Waals surface area contributed by atoms with Crippen molar-refractivity contribution in [3.05, 3.63) is 23.0 Å². The molecule has 1 saturated heterocycles. The molecule has 23 heavy (non-hydrogen) atoms. The number of amides is 2. The van der Waals surface area contributed by atoms with Crippen LogP contribution in [0.4, 0.5) is 10.5 Å². The molecule has 6 heteroatoms. The zero-order valence-corrected chi connectivity index (χ0v) is 14.1. The van der Waals surface area contributed by atoms with Gasteiger partial charge in [0.25, 0.3) is 0 Å². The number of hydrogen-bond acceptors (Lipinski definition) is 4. The third-order valence-electron chi connectivity index (χ3n) is 4.03. The van der Waals surface area contributed by atoms with Crippen molar-refractivity contribution in [2.24, 2.45) is 0 Å². The minimum absolute atomic E-state index is 0.129. The van der Waals surface area contributed by atoms with Crippen molar-refractivity contribution in [2.45, 2.75) is 46.5 Å². The van der Waals surface area contributed by atoms with E-state index in [4.69, 9.17) is 4.74 Å². The van der Waals surface area contributed by atoms with E-state index in [-0.39, 0.29) is 6.03 Å². The molecule has 0 radical (unpaired) electrons. The number of carbonyl (C=O) groups is 2. The Bertz CT molecular complexity index is 579. The number of rotatable bonds is 3. The Morgan fingerprint density at radius 2 is 1.83 bits per heavy atom. The van der Waals surface area contributed by atoms with Crippen LogP contribution in [0.1, 0.15) is 54.4 Å². The van der Waals surface area contributed by atoms with Gasteiger partial charge in [-0.05, 0) is 39.7 Å². The molecule has 1 aliphatic rings. The lowest BCUT2D eigenvalue weighted by Gasteiger charge is -2.21. The standard InChI is InChI=1S/C17H25N3O3/c1-4-23-16(21)14-11-15(13(3)18-12(14)2)19-17(22)20-9-7-5-6-8-10-20/h11H,4-10H2,1-3H3,(H,19,22). The Morgan fingerprint density at radius 1 is 1.17 bits per heavy atom. The number of ether oxygens (including phenoxy) is 1. The zero-order chi connectivity index (χ0) is 16.8. The van der Waals surface area contributed by atoms with Gasteiger partial charge in [0.2, 0.25) is 0 Å². The molecule has 0 unspecified atom stereocenters. The van der Waals surface area contributed by atoms with Gasteiger partial charge < -0.3 is 15.0 Å². The molecule has 1 aliphatic heterocycles. The monoisotopic (exact) mass is 319 g/mol. The molecule has 2 amide bonds. The molecule has 126 valence electrons. The van der Waals surface area contributed by atoms with Crippen LogP contribution in [0.15, 0.2) is 6.07 Å². The third kappa shape index (κ3) is 4.43. The van der Waals surface area contributed by atoms with E-state index in [1.54, 1.807) is 19.9 Å². The van der Waals surface area contributed by atoms with E-state index in [0.717, 1.165) is 25.9 Å². The Hall–Kier alpha value is -2.11. The van der Waals surface area contributed by atoms with Crippen LogP contribution in [0.3, 0.4) is 0 Å². The summed E-state index contributed by atoms with van der Waals surface area (Å²) in [6.45, 7) is 7.20. The van der Waals surface area contributed by atoms with Crippen molar-refractivity contribution < 1.29 is 14.3 Å². The van der Waals surface area contributed by atoms with Crippen LogP contribution in [-0.2, 0) is 4.74 Å². The van der Waals surface area contributed by atoms with E-state index in [1.807, 2.05) is 11.8 Å². The number of carbonyl (C=O) groups excluding carboxylic acids is 2. The number of hydrogen-bond donors (Lipinski definition) is 1. The molecule has 0 bridgehead atoms. The lowest BCUT2D eigenvalue weighted by atomic mass is 10.1. The molecule has 0 atom stereocenters. The number of pyridine rings is 1. The summed E-state index contributed by atoms with van der Waals surface area (Å²) in [6, 6.07) is 1.53. The fraction of sp³-hybridized carbons (Fsp3) is 0.588. The highest BCUT2D eigenvalue weighted by molar-refractivity contribution is 5.95. The molecule has 2 rings (SSSR count). The van der Waals surface area contributed by atoms with Crippen molar-refractivity contribution in [1.82, 2.24) is 9.88 Å². The predicted octanol–water partition coefficient (Wildman–Crippen LogP) is 3.28. The molecule has 1 fully saturated rings. The minimum Gasteiger partial charge on any atom is -0.462 e. The highest BCUT2D eigenvalue weighted by Gasteiger charge is 2.19. The van der Waals surface area contributed by atoms with Crippen LogP contribution in [0, 0.1) is 13.8 Å². The van der Waals surface area contributed by atoms with Crippen molar-refractivity contribution in [2.75, 3.05) is 25.0 Å². The lowest BCUT2D eigenvalue weighted by Crippen LogP contribution is -2.35. The number of aryl methyl sites for hydroxylation is 2. The summed E-state index contributed by atoms with van der Waals surface area (Å²) in [7, 11) is 0. The minimum atomic E-state index is -0.414. The van der Waals surface area contributed by atoms with E-state index in [0.29, 0.717) is 29.2 Å². The van der Waals surface area contributed by atoms with Gasteiger partial charge in [-0.2, -0.15) is 0 Å². The molecule has 2 heterocycles. The summed E-state index contributed by atoms with van der Waals surface area (Å²) in [5.74, 6) is -0.414. The van der Waals surface area contributed by atoms with Crippen LogP contribution >= 0.6 is 0 Å².